The summed E-state index contributed by atoms with van der Waals surface area (Å²) in [5.74, 6) is -1.38. The number of pyridine rings is 3. The molecule has 1 unspecified atom stereocenters. The van der Waals surface area contributed by atoms with Gasteiger partial charge in [-0.2, -0.15) is 0 Å². The molecule has 4 aromatic heterocycles. The van der Waals surface area contributed by atoms with Crippen molar-refractivity contribution in [1.82, 2.24) is 24.4 Å². The molecule has 41 heavy (non-hydrogen) atoms. The zero-order valence-electron chi connectivity index (χ0n) is 22.6. The van der Waals surface area contributed by atoms with Crippen LogP contribution in [0.5, 0.6) is 0 Å². The normalized spacial score (nSPS) is 19.1. The lowest BCUT2D eigenvalue weighted by atomic mass is 9.99. The fourth-order valence-corrected chi connectivity index (χ4v) is 6.97. The molecule has 7 rings (SSSR count). The van der Waals surface area contributed by atoms with E-state index in [2.05, 4.69) is 32.1 Å². The summed E-state index contributed by atoms with van der Waals surface area (Å²) < 4.78 is 17.4. The number of carboxylic acids is 1. The topological polar surface area (TPSA) is 119 Å². The Labute approximate surface area is 238 Å². The van der Waals surface area contributed by atoms with Crippen molar-refractivity contribution in [2.24, 2.45) is 13.0 Å². The fraction of sp³-hybridized carbons (Fsp3) is 0.310. The second-order valence-corrected chi connectivity index (χ2v) is 11.4. The number of rotatable bonds is 4. The van der Waals surface area contributed by atoms with Crippen molar-refractivity contribution in [3.05, 3.63) is 57.3 Å². The third-order valence-electron chi connectivity index (χ3n) is 8.61. The van der Waals surface area contributed by atoms with Crippen LogP contribution >= 0.6 is 11.6 Å². The molecular weight excluding hydrogens is 549 g/mol. The lowest BCUT2D eigenvalue weighted by Crippen LogP contribution is -2.35. The number of aryl methyl sites for hydroxylation is 1. The smallest absolute Gasteiger partial charge is 0.341 e. The molecule has 2 atom stereocenters. The van der Waals surface area contributed by atoms with Crippen LogP contribution in [0.3, 0.4) is 0 Å². The maximum absolute atomic E-state index is 15.9. The first-order valence-electron chi connectivity index (χ1n) is 13.4. The van der Waals surface area contributed by atoms with Crippen LogP contribution in [0.1, 0.15) is 16.8 Å². The summed E-state index contributed by atoms with van der Waals surface area (Å²) in [5, 5.41) is 13.8. The van der Waals surface area contributed by atoms with Gasteiger partial charge in [0.1, 0.15) is 16.9 Å². The number of aromatic carboxylic acids is 1. The third-order valence-corrected chi connectivity index (χ3v) is 8.88. The minimum atomic E-state index is -1.30. The number of hydrogen-bond donors (Lipinski definition) is 3. The first-order chi connectivity index (χ1) is 19.7. The zero-order chi connectivity index (χ0) is 28.7. The molecule has 3 N–H and O–H groups in total. The number of likely N-dealkylation sites (tertiary alicyclic amines) is 1. The Bertz CT molecular complexity index is 1990. The number of halogens is 2. The number of anilines is 2. The molecular formula is C29H27ClFN7O3. The van der Waals surface area contributed by atoms with Crippen molar-refractivity contribution in [1.29, 1.82) is 0 Å². The minimum absolute atomic E-state index is 0.00364. The molecule has 2 aliphatic heterocycles. The minimum Gasteiger partial charge on any atom is -0.477 e. The van der Waals surface area contributed by atoms with Crippen LogP contribution < -0.4 is 15.6 Å². The predicted octanol–water partition coefficient (Wildman–Crippen LogP) is 4.30. The van der Waals surface area contributed by atoms with Crippen LogP contribution in [-0.4, -0.2) is 75.3 Å². The highest BCUT2D eigenvalue weighted by atomic mass is 35.5. The molecule has 5 aromatic rings. The Kier molecular flexibility index (Phi) is 5.74. The molecule has 2 aliphatic rings. The van der Waals surface area contributed by atoms with Crippen molar-refractivity contribution < 1.29 is 14.3 Å². The maximum atomic E-state index is 15.9. The third kappa shape index (κ3) is 3.72. The number of nitrogens with one attached hydrogen (secondary N) is 2. The molecule has 0 aliphatic carbocycles. The molecule has 0 radical (unpaired) electrons. The molecule has 2 fully saturated rings. The summed E-state index contributed by atoms with van der Waals surface area (Å²) in [6.45, 7) is 2.61. The monoisotopic (exact) mass is 575 g/mol. The van der Waals surface area contributed by atoms with Gasteiger partial charge in [0.25, 0.3) is 0 Å². The number of carbonyl (C=O) groups is 1. The van der Waals surface area contributed by atoms with Crippen molar-refractivity contribution in [3.63, 3.8) is 0 Å². The molecule has 0 spiro atoms. The summed E-state index contributed by atoms with van der Waals surface area (Å²) in [7, 11) is 5.51. The average Bonchev–Trinajstić information content (AvgIpc) is 3.64. The number of aromatic nitrogens is 4. The molecule has 10 nitrogen and oxygen atoms in total. The van der Waals surface area contributed by atoms with Gasteiger partial charge in [-0.25, -0.2) is 19.2 Å². The highest BCUT2D eigenvalue weighted by Crippen LogP contribution is 2.47. The highest BCUT2D eigenvalue weighted by molar-refractivity contribution is 6.33. The molecule has 2 saturated heterocycles. The van der Waals surface area contributed by atoms with Crippen LogP contribution in [0.15, 0.2) is 35.5 Å². The maximum Gasteiger partial charge on any atom is 0.341 e. The number of fused-ring (bicyclic) bond motifs is 5. The van der Waals surface area contributed by atoms with Crippen molar-refractivity contribution >= 4 is 61.9 Å². The van der Waals surface area contributed by atoms with Gasteiger partial charge in [0.2, 0.25) is 5.43 Å². The van der Waals surface area contributed by atoms with Crippen LogP contribution in [0.4, 0.5) is 15.8 Å². The molecule has 0 bridgehead atoms. The number of hydrogen-bond acceptors (Lipinski definition) is 7. The summed E-state index contributed by atoms with van der Waals surface area (Å²) in [4.78, 5) is 42.2. The van der Waals surface area contributed by atoms with Gasteiger partial charge in [0.05, 0.1) is 38.1 Å². The van der Waals surface area contributed by atoms with Gasteiger partial charge in [-0.05, 0) is 31.5 Å². The van der Waals surface area contributed by atoms with Gasteiger partial charge >= 0.3 is 5.97 Å². The molecule has 0 amide bonds. The van der Waals surface area contributed by atoms with Gasteiger partial charge in [0, 0.05) is 69.5 Å². The van der Waals surface area contributed by atoms with E-state index < -0.39 is 17.2 Å². The van der Waals surface area contributed by atoms with Crippen molar-refractivity contribution in [3.8, 4) is 11.1 Å². The standard InChI is InChI=1S/C29H27ClFN7O3/c1-32-19-7-18(30)23(31)21-22-25(38-5-4-13-10-36(2)12-20(13)38)16(9-33-27(22)35-24(19)21)14-6-15-26(39)17(29(40)41)11-37(3)28(15)34-8-14/h6-9,11,13,20,32H,4-5,10,12H2,1-3H3,(H,33,35)(H,40,41)/t13-,20?/m0/s1. The number of benzene rings is 1. The van der Waals surface area contributed by atoms with Gasteiger partial charge in [0.15, 0.2) is 5.82 Å². The summed E-state index contributed by atoms with van der Waals surface area (Å²) in [6.07, 6.45) is 5.63. The molecule has 12 heteroatoms. The molecule has 1 aromatic carbocycles. The predicted molar refractivity (Wildman–Crippen MR) is 158 cm³/mol. The summed E-state index contributed by atoms with van der Waals surface area (Å²) in [6, 6.07) is 3.42. The number of aromatic amines is 1. The first kappa shape index (κ1) is 25.7. The van der Waals surface area contributed by atoms with E-state index in [1.54, 1.807) is 38.6 Å². The van der Waals surface area contributed by atoms with Gasteiger partial charge < -0.3 is 29.8 Å². The van der Waals surface area contributed by atoms with Crippen LogP contribution in [0.25, 0.3) is 44.1 Å². The molecule has 6 heterocycles. The fourth-order valence-electron chi connectivity index (χ4n) is 6.76. The van der Waals surface area contributed by atoms with Crippen molar-refractivity contribution in [2.75, 3.05) is 43.9 Å². The quantitative estimate of drug-likeness (QED) is 0.290. The second kappa shape index (κ2) is 9.15. The van der Waals surface area contributed by atoms with Crippen LogP contribution in [-0.2, 0) is 7.05 Å². The lowest BCUT2D eigenvalue weighted by Gasteiger charge is -2.29. The molecule has 0 saturated carbocycles. The number of likely N-dealkylation sites (N-methyl/N-ethyl adjacent to an activating group) is 1. The largest absolute Gasteiger partial charge is 0.477 e. The highest BCUT2D eigenvalue weighted by Gasteiger charge is 2.42. The van der Waals surface area contributed by atoms with E-state index in [-0.39, 0.29) is 22.0 Å². The Morgan fingerprint density at radius 1 is 1.20 bits per heavy atom. The number of carboxylic acid groups (broad SMARTS) is 1. The van der Waals surface area contributed by atoms with E-state index >= 15 is 4.39 Å². The molecule has 210 valence electrons. The van der Waals surface area contributed by atoms with Crippen molar-refractivity contribution in [2.45, 2.75) is 12.5 Å². The van der Waals surface area contributed by atoms with Crippen LogP contribution in [0, 0.1) is 11.7 Å². The lowest BCUT2D eigenvalue weighted by molar-refractivity contribution is 0.0695. The average molecular weight is 576 g/mol. The Balaban J connectivity index is 1.57. The number of H-pyrrole nitrogens is 1. The summed E-state index contributed by atoms with van der Waals surface area (Å²) >= 11 is 6.38. The number of nitrogens with zero attached hydrogens (tertiary/aromatic N) is 5. The van der Waals surface area contributed by atoms with E-state index in [1.165, 1.54) is 10.8 Å². The van der Waals surface area contributed by atoms with Gasteiger partial charge in [-0.1, -0.05) is 11.6 Å². The van der Waals surface area contributed by atoms with E-state index in [4.69, 9.17) is 16.6 Å². The van der Waals surface area contributed by atoms with Crippen LogP contribution in [0.2, 0.25) is 5.02 Å². The second-order valence-electron chi connectivity index (χ2n) is 11.0. The summed E-state index contributed by atoms with van der Waals surface area (Å²) in [5.41, 5.74) is 3.19. The SMILES string of the molecule is CNc1cc(Cl)c(F)c2c1[nH]c1ncc(-c3cnc4c(c3)c(=O)c(C(=O)O)cn4C)c(N3CC[C@H]4CN(C)CC43)c12. The van der Waals surface area contributed by atoms with E-state index in [1.807, 2.05) is 0 Å². The van der Waals surface area contributed by atoms with E-state index in [9.17, 15) is 14.7 Å². The van der Waals surface area contributed by atoms with Gasteiger partial charge in [-0.3, -0.25) is 4.79 Å². The van der Waals surface area contributed by atoms with E-state index in [0.29, 0.717) is 50.3 Å². The Hall–Kier alpha value is -4.22. The Morgan fingerprint density at radius 3 is 2.76 bits per heavy atom. The van der Waals surface area contributed by atoms with Gasteiger partial charge in [-0.15, -0.1) is 0 Å². The van der Waals surface area contributed by atoms with E-state index in [0.717, 1.165) is 31.7 Å². The first-order valence-corrected chi connectivity index (χ1v) is 13.7. The Morgan fingerprint density at radius 2 is 2.00 bits per heavy atom. The zero-order valence-corrected chi connectivity index (χ0v) is 23.4.